The summed E-state index contributed by atoms with van der Waals surface area (Å²) < 4.78 is 34.4. The fourth-order valence-electron chi connectivity index (χ4n) is 2.31. The lowest BCUT2D eigenvalue weighted by Gasteiger charge is -2.12. The number of esters is 1. The van der Waals surface area contributed by atoms with Gasteiger partial charge in [0.15, 0.2) is 0 Å². The summed E-state index contributed by atoms with van der Waals surface area (Å²) in [5.41, 5.74) is 2.81. The lowest BCUT2D eigenvalue weighted by molar-refractivity contribution is -0.145. The molecule has 1 unspecified atom stereocenters. The third-order valence-electron chi connectivity index (χ3n) is 3.73. The molecule has 2 rings (SSSR count). The maximum absolute atomic E-state index is 12.1. The lowest BCUT2D eigenvalue weighted by Crippen LogP contribution is -2.09. The summed E-state index contributed by atoms with van der Waals surface area (Å²) in [6.45, 7) is 5.13. The zero-order chi connectivity index (χ0) is 18.4. The first-order valence-electron chi connectivity index (χ1n) is 8.00. The molecule has 0 radical (unpaired) electrons. The zero-order valence-corrected chi connectivity index (χ0v) is 15.4. The van der Waals surface area contributed by atoms with E-state index in [0.717, 1.165) is 16.7 Å². The van der Waals surface area contributed by atoms with Crippen molar-refractivity contribution in [2.24, 2.45) is 0 Å². The van der Waals surface area contributed by atoms with Crippen LogP contribution in [0.5, 0.6) is 0 Å². The third-order valence-corrected chi connectivity index (χ3v) is 5.06. The summed E-state index contributed by atoms with van der Waals surface area (Å²) in [5.74, 6) is -0.328. The number of carbonyl (C=O) groups excluding carboxylic acids is 1. The molecule has 0 fully saturated rings. The van der Waals surface area contributed by atoms with Crippen LogP contribution in [0.25, 0.3) is 0 Å². The smallest absolute Gasteiger partial charge is 0.303 e. The summed E-state index contributed by atoms with van der Waals surface area (Å²) in [6, 6.07) is 14.0. The first-order chi connectivity index (χ1) is 11.8. The van der Waals surface area contributed by atoms with Crippen molar-refractivity contribution in [2.45, 2.75) is 38.2 Å². The van der Waals surface area contributed by atoms with E-state index in [2.05, 4.69) is 0 Å². The van der Waals surface area contributed by atoms with Crippen molar-refractivity contribution in [3.63, 3.8) is 0 Å². The third kappa shape index (κ3) is 5.69. The molecule has 0 saturated carbocycles. The lowest BCUT2D eigenvalue weighted by atomic mass is 10.1. The van der Waals surface area contributed by atoms with E-state index in [1.807, 2.05) is 31.2 Å². The molecule has 0 aromatic heterocycles. The van der Waals surface area contributed by atoms with Crippen LogP contribution in [0, 0.1) is 6.92 Å². The van der Waals surface area contributed by atoms with E-state index in [-0.39, 0.29) is 23.6 Å². The number of rotatable bonds is 7. The van der Waals surface area contributed by atoms with E-state index in [1.54, 1.807) is 19.1 Å². The van der Waals surface area contributed by atoms with Gasteiger partial charge in [-0.2, -0.15) is 8.42 Å². The Morgan fingerprint density at radius 3 is 2.20 bits per heavy atom. The molecule has 0 aliphatic carbocycles. The van der Waals surface area contributed by atoms with Gasteiger partial charge in [0, 0.05) is 6.92 Å². The van der Waals surface area contributed by atoms with Gasteiger partial charge in [0.05, 0.1) is 11.5 Å². The Morgan fingerprint density at radius 1 is 1.04 bits per heavy atom. The Labute approximate surface area is 148 Å². The molecule has 6 heteroatoms. The molecule has 0 N–H and O–H groups in total. The molecule has 0 aliphatic rings. The van der Waals surface area contributed by atoms with Crippen molar-refractivity contribution in [1.82, 2.24) is 0 Å². The van der Waals surface area contributed by atoms with Crippen LogP contribution in [-0.4, -0.2) is 21.0 Å². The van der Waals surface area contributed by atoms with E-state index < -0.39 is 10.1 Å². The van der Waals surface area contributed by atoms with Gasteiger partial charge in [0.2, 0.25) is 0 Å². The van der Waals surface area contributed by atoms with E-state index in [4.69, 9.17) is 8.92 Å². The number of aryl methyl sites for hydroxylation is 1. The van der Waals surface area contributed by atoms with Crippen LogP contribution in [0.2, 0.25) is 0 Å². The van der Waals surface area contributed by atoms with Crippen molar-refractivity contribution in [1.29, 1.82) is 0 Å². The molecule has 0 saturated heterocycles. The van der Waals surface area contributed by atoms with E-state index >= 15 is 0 Å². The Hall–Kier alpha value is -2.18. The molecule has 0 aliphatic heterocycles. The Morgan fingerprint density at radius 2 is 1.64 bits per heavy atom. The van der Waals surface area contributed by atoms with Crippen LogP contribution in [0.15, 0.2) is 53.4 Å². The van der Waals surface area contributed by atoms with Gasteiger partial charge >= 0.3 is 5.97 Å². The Balaban J connectivity index is 1.91. The maximum atomic E-state index is 12.1. The second-order valence-electron chi connectivity index (χ2n) is 5.83. The number of benzene rings is 2. The molecule has 25 heavy (non-hydrogen) atoms. The molecule has 0 bridgehead atoms. The summed E-state index contributed by atoms with van der Waals surface area (Å²) in [6.07, 6.45) is 0.151. The Bertz CT molecular complexity index is 808. The fourth-order valence-corrected chi connectivity index (χ4v) is 3.22. The summed E-state index contributed by atoms with van der Waals surface area (Å²) in [4.78, 5) is 11.1. The first-order valence-corrected chi connectivity index (χ1v) is 9.41. The quantitative estimate of drug-likeness (QED) is 0.556. The molecule has 0 amide bonds. The molecule has 1 atom stereocenters. The highest BCUT2D eigenvalue weighted by atomic mass is 32.2. The second kappa shape index (κ2) is 8.27. The molecule has 2 aromatic carbocycles. The van der Waals surface area contributed by atoms with Crippen LogP contribution in [0.4, 0.5) is 0 Å². The minimum absolute atomic E-state index is 0.0645. The first kappa shape index (κ1) is 19.1. The van der Waals surface area contributed by atoms with Crippen LogP contribution in [0.1, 0.15) is 36.6 Å². The minimum atomic E-state index is -3.74. The van der Waals surface area contributed by atoms with E-state index in [1.165, 1.54) is 19.1 Å². The number of ether oxygens (including phenoxy) is 1. The van der Waals surface area contributed by atoms with Gasteiger partial charge in [-0.15, -0.1) is 0 Å². The molecule has 0 spiro atoms. The van der Waals surface area contributed by atoms with E-state index in [0.29, 0.717) is 6.42 Å². The van der Waals surface area contributed by atoms with Crippen molar-refractivity contribution < 1.29 is 22.1 Å². The van der Waals surface area contributed by atoms with Gasteiger partial charge in [0.1, 0.15) is 6.10 Å². The normalized spacial score (nSPS) is 12.6. The average Bonchev–Trinajstić information content (AvgIpc) is 2.55. The molecule has 2 aromatic rings. The highest BCUT2D eigenvalue weighted by Crippen LogP contribution is 2.18. The minimum Gasteiger partial charge on any atom is -0.458 e. The summed E-state index contributed by atoms with van der Waals surface area (Å²) >= 11 is 0. The average molecular weight is 362 g/mol. The maximum Gasteiger partial charge on any atom is 0.303 e. The molecular formula is C19H22O5S. The van der Waals surface area contributed by atoms with Crippen LogP contribution in [-0.2, 0) is 30.3 Å². The molecule has 134 valence electrons. The largest absolute Gasteiger partial charge is 0.458 e. The van der Waals surface area contributed by atoms with Crippen molar-refractivity contribution in [2.75, 3.05) is 6.61 Å². The van der Waals surface area contributed by atoms with Gasteiger partial charge in [-0.3, -0.25) is 8.98 Å². The highest BCUT2D eigenvalue weighted by molar-refractivity contribution is 7.86. The number of hydrogen-bond donors (Lipinski definition) is 0. The topological polar surface area (TPSA) is 69.7 Å². The van der Waals surface area contributed by atoms with Crippen molar-refractivity contribution in [3.8, 4) is 0 Å². The summed E-state index contributed by atoms with van der Waals surface area (Å²) in [7, 11) is -3.74. The molecular weight excluding hydrogens is 340 g/mol. The van der Waals surface area contributed by atoms with Crippen LogP contribution in [0.3, 0.4) is 0 Å². The monoisotopic (exact) mass is 362 g/mol. The zero-order valence-electron chi connectivity index (χ0n) is 14.6. The van der Waals surface area contributed by atoms with Crippen LogP contribution >= 0.6 is 0 Å². The highest BCUT2D eigenvalue weighted by Gasteiger charge is 2.14. The van der Waals surface area contributed by atoms with Gasteiger partial charge < -0.3 is 4.74 Å². The fraction of sp³-hybridized carbons (Fsp3) is 0.316. The summed E-state index contributed by atoms with van der Waals surface area (Å²) in [5, 5.41) is 0. The van der Waals surface area contributed by atoms with E-state index in [9.17, 15) is 13.2 Å². The van der Waals surface area contributed by atoms with Gasteiger partial charge in [-0.1, -0.05) is 42.0 Å². The van der Waals surface area contributed by atoms with Crippen molar-refractivity contribution in [3.05, 3.63) is 65.2 Å². The number of hydrogen-bond acceptors (Lipinski definition) is 5. The molecule has 0 heterocycles. The number of carbonyl (C=O) groups is 1. The Kier molecular flexibility index (Phi) is 6.33. The second-order valence-corrected chi connectivity index (χ2v) is 7.45. The predicted octanol–water partition coefficient (Wildman–Crippen LogP) is 3.57. The predicted molar refractivity (Wildman–Crippen MR) is 94.6 cm³/mol. The SMILES string of the molecule is CC(=O)OC(C)c1ccc(CCOS(=O)(=O)c2ccc(C)cc2)cc1. The van der Waals surface area contributed by atoms with Crippen molar-refractivity contribution >= 4 is 16.1 Å². The van der Waals surface area contributed by atoms with Gasteiger partial charge in [0.25, 0.3) is 10.1 Å². The van der Waals surface area contributed by atoms with Gasteiger partial charge in [-0.25, -0.2) is 0 Å². The van der Waals surface area contributed by atoms with Gasteiger partial charge in [-0.05, 0) is 43.5 Å². The molecule has 5 nitrogen and oxygen atoms in total. The van der Waals surface area contributed by atoms with Crippen LogP contribution < -0.4 is 0 Å². The standard InChI is InChI=1S/C19H22O5S/c1-14-4-10-19(11-5-14)25(21,22)23-13-12-17-6-8-18(9-7-17)15(2)24-16(3)20/h4-11,15H,12-13H2,1-3H3.